The lowest BCUT2D eigenvalue weighted by Gasteiger charge is -2.30. The molecular formula is C17H29N3O3. The fraction of sp³-hybridized carbons (Fsp3) is 0.882. The van der Waals surface area contributed by atoms with Gasteiger partial charge in [-0.1, -0.05) is 6.92 Å². The second-order valence-corrected chi connectivity index (χ2v) is 7.39. The maximum absolute atomic E-state index is 12.0. The smallest absolute Gasteiger partial charge is 0.323 e. The summed E-state index contributed by atoms with van der Waals surface area (Å²) in [5, 5.41) is 0. The number of carbonyl (C=O) groups excluding carboxylic acids is 2. The Kier molecular flexibility index (Phi) is 4.92. The minimum atomic E-state index is -0.0573. The Bertz CT molecular complexity index is 470. The molecule has 0 spiro atoms. The summed E-state index contributed by atoms with van der Waals surface area (Å²) in [6.07, 6.45) is 1.89. The molecule has 0 radical (unpaired) electrons. The van der Waals surface area contributed by atoms with E-state index in [1.165, 1.54) is 0 Å². The van der Waals surface area contributed by atoms with Crippen LogP contribution in [0, 0.1) is 5.92 Å². The molecule has 0 aromatic carbocycles. The van der Waals surface area contributed by atoms with Crippen molar-refractivity contribution in [3.05, 3.63) is 0 Å². The fourth-order valence-corrected chi connectivity index (χ4v) is 4.33. The van der Waals surface area contributed by atoms with E-state index in [1.807, 2.05) is 11.8 Å². The first kappa shape index (κ1) is 16.7. The summed E-state index contributed by atoms with van der Waals surface area (Å²) in [5.74, 6) is 0.669. The third kappa shape index (κ3) is 3.53. The molecule has 3 aliphatic rings. The average molecular weight is 323 g/mol. The number of rotatable bonds is 2. The number of esters is 1. The van der Waals surface area contributed by atoms with E-state index < -0.39 is 0 Å². The number of hydrogen-bond acceptors (Lipinski definition) is 5. The van der Waals surface area contributed by atoms with Gasteiger partial charge in [0.15, 0.2) is 0 Å². The second kappa shape index (κ2) is 6.77. The Hall–Kier alpha value is -1.14. The van der Waals surface area contributed by atoms with Gasteiger partial charge in [0.2, 0.25) is 5.91 Å². The quantitative estimate of drug-likeness (QED) is 0.695. The van der Waals surface area contributed by atoms with E-state index in [4.69, 9.17) is 4.74 Å². The minimum Gasteiger partial charge on any atom is -0.461 e. The van der Waals surface area contributed by atoms with Crippen molar-refractivity contribution in [1.29, 1.82) is 0 Å². The molecule has 3 saturated heterocycles. The highest BCUT2D eigenvalue weighted by molar-refractivity contribution is 5.78. The number of hydrogen-bond donors (Lipinski definition) is 0. The number of ether oxygens (including phenoxy) is 1. The van der Waals surface area contributed by atoms with Gasteiger partial charge in [-0.25, -0.2) is 0 Å². The highest BCUT2D eigenvalue weighted by Crippen LogP contribution is 2.29. The molecule has 0 bridgehead atoms. The summed E-state index contributed by atoms with van der Waals surface area (Å²) in [5.41, 5.74) is 0. The van der Waals surface area contributed by atoms with Gasteiger partial charge in [-0.3, -0.25) is 19.4 Å². The summed E-state index contributed by atoms with van der Waals surface area (Å²) >= 11 is 0. The second-order valence-electron chi connectivity index (χ2n) is 7.39. The first-order valence-electron chi connectivity index (χ1n) is 8.90. The molecule has 1 amide bonds. The van der Waals surface area contributed by atoms with E-state index in [9.17, 15) is 9.59 Å². The molecule has 4 atom stereocenters. The fourth-order valence-electron chi connectivity index (χ4n) is 4.33. The lowest BCUT2D eigenvalue weighted by atomic mass is 10.0. The zero-order valence-corrected chi connectivity index (χ0v) is 14.5. The normalized spacial score (nSPS) is 37.0. The summed E-state index contributed by atoms with van der Waals surface area (Å²) in [4.78, 5) is 30.4. The molecular weight excluding hydrogens is 294 g/mol. The zero-order chi connectivity index (χ0) is 16.6. The van der Waals surface area contributed by atoms with Crippen LogP contribution in [0.4, 0.5) is 0 Å². The molecule has 6 nitrogen and oxygen atoms in total. The molecule has 0 N–H and O–H groups in total. The minimum absolute atomic E-state index is 0.0455. The van der Waals surface area contributed by atoms with Gasteiger partial charge in [-0.05, 0) is 19.3 Å². The van der Waals surface area contributed by atoms with Crippen LogP contribution >= 0.6 is 0 Å². The number of amides is 1. The highest BCUT2D eigenvalue weighted by Gasteiger charge is 2.43. The molecule has 0 aromatic heterocycles. The Morgan fingerprint density at radius 2 is 1.87 bits per heavy atom. The van der Waals surface area contributed by atoms with Gasteiger partial charge in [-0.2, -0.15) is 0 Å². The van der Waals surface area contributed by atoms with E-state index in [2.05, 4.69) is 16.7 Å². The molecule has 0 saturated carbocycles. The predicted molar refractivity (Wildman–Crippen MR) is 86.9 cm³/mol. The van der Waals surface area contributed by atoms with Crippen molar-refractivity contribution in [2.75, 3.05) is 39.3 Å². The molecule has 130 valence electrons. The highest BCUT2D eigenvalue weighted by atomic mass is 16.6. The Balaban J connectivity index is 1.60. The number of cyclic esters (lactones) is 1. The maximum atomic E-state index is 12.0. The first-order valence-corrected chi connectivity index (χ1v) is 8.90. The van der Waals surface area contributed by atoms with Crippen LogP contribution in [0.3, 0.4) is 0 Å². The molecule has 3 fully saturated rings. The first-order chi connectivity index (χ1) is 11.0. The summed E-state index contributed by atoms with van der Waals surface area (Å²) < 4.78 is 5.32. The van der Waals surface area contributed by atoms with Gasteiger partial charge >= 0.3 is 5.97 Å². The molecule has 0 unspecified atom stereocenters. The molecule has 3 heterocycles. The molecule has 0 aliphatic carbocycles. The third-order valence-electron chi connectivity index (χ3n) is 5.63. The molecule has 3 rings (SSSR count). The van der Waals surface area contributed by atoms with Crippen LogP contribution < -0.4 is 0 Å². The summed E-state index contributed by atoms with van der Waals surface area (Å²) in [7, 11) is 0. The zero-order valence-electron chi connectivity index (χ0n) is 14.5. The number of carbonyl (C=O) groups is 2. The van der Waals surface area contributed by atoms with Crippen molar-refractivity contribution in [3.63, 3.8) is 0 Å². The van der Waals surface area contributed by atoms with E-state index in [1.54, 1.807) is 6.92 Å². The van der Waals surface area contributed by atoms with Crippen LogP contribution in [0.15, 0.2) is 0 Å². The largest absolute Gasteiger partial charge is 0.461 e. The van der Waals surface area contributed by atoms with E-state index in [0.717, 1.165) is 52.1 Å². The summed E-state index contributed by atoms with van der Waals surface area (Å²) in [6.45, 7) is 11.5. The molecule has 3 aliphatic heterocycles. The Morgan fingerprint density at radius 1 is 1.09 bits per heavy atom. The van der Waals surface area contributed by atoms with Crippen molar-refractivity contribution in [1.82, 2.24) is 14.7 Å². The van der Waals surface area contributed by atoms with Crippen molar-refractivity contribution in [3.8, 4) is 0 Å². The third-order valence-corrected chi connectivity index (χ3v) is 5.63. The van der Waals surface area contributed by atoms with Crippen LogP contribution in [0.1, 0.15) is 33.6 Å². The van der Waals surface area contributed by atoms with Crippen LogP contribution in [0.2, 0.25) is 0 Å². The number of nitrogens with zero attached hydrogens (tertiary/aromatic N) is 3. The van der Waals surface area contributed by atoms with E-state index in [-0.39, 0.29) is 24.0 Å². The van der Waals surface area contributed by atoms with E-state index in [0.29, 0.717) is 12.0 Å². The molecule has 23 heavy (non-hydrogen) atoms. The lowest BCUT2D eigenvalue weighted by Crippen LogP contribution is -2.44. The standard InChI is InChI=1S/C17H29N3O3/c1-12-10-20(15-9-13(2)23-17(15)22)11-16(12)19-6-4-5-18(7-8-19)14(3)21/h12-13,15-16H,4-11H2,1-3H3/t12-,13+,15+,16+/m0/s1. The van der Waals surface area contributed by atoms with Gasteiger partial charge in [0, 0.05) is 58.7 Å². The molecule has 6 heteroatoms. The van der Waals surface area contributed by atoms with Crippen molar-refractivity contribution in [2.45, 2.75) is 51.8 Å². The van der Waals surface area contributed by atoms with Crippen molar-refractivity contribution < 1.29 is 14.3 Å². The van der Waals surface area contributed by atoms with Gasteiger partial charge in [0.25, 0.3) is 0 Å². The average Bonchev–Trinajstić information content (AvgIpc) is 2.91. The van der Waals surface area contributed by atoms with Crippen LogP contribution in [-0.4, -0.2) is 84.0 Å². The van der Waals surface area contributed by atoms with Gasteiger partial charge in [0.1, 0.15) is 12.1 Å². The maximum Gasteiger partial charge on any atom is 0.323 e. The van der Waals surface area contributed by atoms with Gasteiger partial charge in [-0.15, -0.1) is 0 Å². The van der Waals surface area contributed by atoms with Crippen LogP contribution in [-0.2, 0) is 14.3 Å². The van der Waals surface area contributed by atoms with Crippen molar-refractivity contribution >= 4 is 11.9 Å². The summed E-state index contributed by atoms with van der Waals surface area (Å²) in [6, 6.07) is 0.420. The monoisotopic (exact) mass is 323 g/mol. The van der Waals surface area contributed by atoms with Gasteiger partial charge < -0.3 is 9.64 Å². The van der Waals surface area contributed by atoms with E-state index >= 15 is 0 Å². The Morgan fingerprint density at radius 3 is 2.52 bits per heavy atom. The number of likely N-dealkylation sites (tertiary alicyclic amines) is 1. The van der Waals surface area contributed by atoms with Gasteiger partial charge in [0.05, 0.1) is 0 Å². The predicted octanol–water partition coefficient (Wildman–Crippen LogP) is 0.565. The van der Waals surface area contributed by atoms with Crippen LogP contribution in [0.5, 0.6) is 0 Å². The topological polar surface area (TPSA) is 53.1 Å². The molecule has 0 aromatic rings. The lowest BCUT2D eigenvalue weighted by molar-refractivity contribution is -0.144. The Labute approximate surface area is 138 Å². The van der Waals surface area contributed by atoms with Crippen molar-refractivity contribution in [2.24, 2.45) is 5.92 Å². The van der Waals surface area contributed by atoms with Crippen LogP contribution in [0.25, 0.3) is 0 Å². The SMILES string of the molecule is CC(=O)N1CCCN([C@@H]2CN([C@@H]3C[C@@H](C)OC3=O)C[C@@H]2C)CC1.